The van der Waals surface area contributed by atoms with Gasteiger partial charge in [0, 0.05) is 25.6 Å². The number of hydrogen-bond acceptors (Lipinski definition) is 3. The van der Waals surface area contributed by atoms with Crippen LogP contribution >= 0.6 is 0 Å². The van der Waals surface area contributed by atoms with Crippen LogP contribution in [0.4, 0.5) is 0 Å². The minimum absolute atomic E-state index is 0.118. The number of hydrogen-bond donors (Lipinski definition) is 2. The van der Waals surface area contributed by atoms with Crippen molar-refractivity contribution in [3.05, 3.63) is 35.4 Å². The second-order valence-electron chi connectivity index (χ2n) is 5.17. The van der Waals surface area contributed by atoms with E-state index in [1.807, 2.05) is 25.1 Å². The van der Waals surface area contributed by atoms with E-state index in [1.54, 1.807) is 13.2 Å². The average molecular weight is 293 g/mol. The molecule has 5 heteroatoms. The number of methoxy groups -OCH3 is 1. The minimum Gasteiger partial charge on any atom is -0.481 e. The highest BCUT2D eigenvalue weighted by molar-refractivity contribution is 5.95. The fourth-order valence-corrected chi connectivity index (χ4v) is 2.06. The number of carboxylic acid groups (broad SMARTS) is 1. The van der Waals surface area contributed by atoms with E-state index in [-0.39, 0.29) is 18.2 Å². The van der Waals surface area contributed by atoms with Gasteiger partial charge in [-0.1, -0.05) is 25.1 Å². The van der Waals surface area contributed by atoms with Crippen LogP contribution in [0, 0.1) is 5.92 Å². The Hall–Kier alpha value is -1.88. The molecule has 0 spiro atoms. The maximum absolute atomic E-state index is 12.1. The number of benzene rings is 1. The standard InChI is InChI=1S/C16H23NO4/c1-12(7-8-15(18)19)9-10-17-16(20)14-6-4-3-5-13(14)11-21-2/h3-6,12H,7-11H2,1-2H3,(H,17,20)(H,18,19). The first-order chi connectivity index (χ1) is 10.0. The lowest BCUT2D eigenvalue weighted by Gasteiger charge is -2.12. The molecule has 2 N–H and O–H groups in total. The van der Waals surface area contributed by atoms with Crippen molar-refractivity contribution in [2.45, 2.75) is 32.8 Å². The SMILES string of the molecule is COCc1ccccc1C(=O)NCCC(C)CCC(=O)O. The molecule has 0 aromatic heterocycles. The zero-order valence-electron chi connectivity index (χ0n) is 12.6. The third-order valence-corrected chi connectivity index (χ3v) is 3.34. The second kappa shape index (κ2) is 9.13. The first-order valence-corrected chi connectivity index (χ1v) is 7.11. The number of nitrogens with one attached hydrogen (secondary N) is 1. The summed E-state index contributed by atoms with van der Waals surface area (Å²) in [7, 11) is 1.60. The van der Waals surface area contributed by atoms with E-state index in [1.165, 1.54) is 0 Å². The van der Waals surface area contributed by atoms with Gasteiger partial charge < -0.3 is 15.2 Å². The summed E-state index contributed by atoms with van der Waals surface area (Å²) in [4.78, 5) is 22.6. The van der Waals surface area contributed by atoms with E-state index >= 15 is 0 Å². The normalized spacial score (nSPS) is 11.9. The molecular formula is C16H23NO4. The van der Waals surface area contributed by atoms with Crippen molar-refractivity contribution in [2.75, 3.05) is 13.7 Å². The van der Waals surface area contributed by atoms with Crippen molar-refractivity contribution < 1.29 is 19.4 Å². The lowest BCUT2D eigenvalue weighted by atomic mass is 10.0. The maximum Gasteiger partial charge on any atom is 0.303 e. The van der Waals surface area contributed by atoms with Crippen LogP contribution in [-0.4, -0.2) is 30.6 Å². The van der Waals surface area contributed by atoms with E-state index in [9.17, 15) is 9.59 Å². The van der Waals surface area contributed by atoms with Crippen LogP contribution in [0.5, 0.6) is 0 Å². The first-order valence-electron chi connectivity index (χ1n) is 7.11. The lowest BCUT2D eigenvalue weighted by Crippen LogP contribution is -2.26. The largest absolute Gasteiger partial charge is 0.481 e. The molecule has 1 atom stereocenters. The van der Waals surface area contributed by atoms with Crippen molar-refractivity contribution in [1.82, 2.24) is 5.32 Å². The van der Waals surface area contributed by atoms with Crippen LogP contribution in [-0.2, 0) is 16.1 Å². The molecule has 1 aromatic rings. The Labute approximate surface area is 125 Å². The molecule has 0 aliphatic carbocycles. The second-order valence-corrected chi connectivity index (χ2v) is 5.17. The fourth-order valence-electron chi connectivity index (χ4n) is 2.06. The Morgan fingerprint density at radius 3 is 2.67 bits per heavy atom. The number of carboxylic acids is 1. The minimum atomic E-state index is -0.778. The van der Waals surface area contributed by atoms with Crippen LogP contribution in [0.1, 0.15) is 42.1 Å². The summed E-state index contributed by atoms with van der Waals surface area (Å²) >= 11 is 0. The molecule has 0 fully saturated rings. The Morgan fingerprint density at radius 2 is 2.00 bits per heavy atom. The summed E-state index contributed by atoms with van der Waals surface area (Å²) in [6.07, 6.45) is 1.57. The van der Waals surface area contributed by atoms with E-state index in [4.69, 9.17) is 9.84 Å². The zero-order valence-corrected chi connectivity index (χ0v) is 12.6. The number of carbonyl (C=O) groups is 2. The third kappa shape index (κ3) is 6.40. The molecule has 0 saturated carbocycles. The number of amides is 1. The van der Waals surface area contributed by atoms with Gasteiger partial charge in [0.05, 0.1) is 6.61 Å². The van der Waals surface area contributed by atoms with E-state index in [0.29, 0.717) is 25.1 Å². The van der Waals surface area contributed by atoms with Gasteiger partial charge in [-0.15, -0.1) is 0 Å². The topological polar surface area (TPSA) is 75.6 Å². The van der Waals surface area contributed by atoms with Gasteiger partial charge in [-0.2, -0.15) is 0 Å². The molecular weight excluding hydrogens is 270 g/mol. The summed E-state index contributed by atoms with van der Waals surface area (Å²) < 4.78 is 5.08. The summed E-state index contributed by atoms with van der Waals surface area (Å²) in [6, 6.07) is 7.34. The Bertz CT molecular complexity index is 473. The molecule has 0 aliphatic rings. The molecule has 1 unspecified atom stereocenters. The van der Waals surface area contributed by atoms with Crippen LogP contribution in [0.15, 0.2) is 24.3 Å². The molecule has 0 radical (unpaired) electrons. The molecule has 0 aliphatic heterocycles. The van der Waals surface area contributed by atoms with Gasteiger partial charge in [-0.3, -0.25) is 9.59 Å². The monoisotopic (exact) mass is 293 g/mol. The van der Waals surface area contributed by atoms with Crippen LogP contribution < -0.4 is 5.32 Å². The number of ether oxygens (including phenoxy) is 1. The van der Waals surface area contributed by atoms with Crippen LogP contribution in [0.3, 0.4) is 0 Å². The highest BCUT2D eigenvalue weighted by Crippen LogP contribution is 2.11. The van der Waals surface area contributed by atoms with Gasteiger partial charge in [0.25, 0.3) is 5.91 Å². The maximum atomic E-state index is 12.1. The van der Waals surface area contributed by atoms with Crippen molar-refractivity contribution in [3.8, 4) is 0 Å². The molecule has 21 heavy (non-hydrogen) atoms. The third-order valence-electron chi connectivity index (χ3n) is 3.34. The average Bonchev–Trinajstić information content (AvgIpc) is 2.46. The van der Waals surface area contributed by atoms with Crippen molar-refractivity contribution >= 4 is 11.9 Å². The van der Waals surface area contributed by atoms with Crippen molar-refractivity contribution in [1.29, 1.82) is 0 Å². The van der Waals surface area contributed by atoms with Gasteiger partial charge in [0.2, 0.25) is 0 Å². The fraction of sp³-hybridized carbons (Fsp3) is 0.500. The molecule has 1 rings (SSSR count). The van der Waals surface area contributed by atoms with Gasteiger partial charge in [-0.05, 0) is 30.4 Å². The van der Waals surface area contributed by atoms with E-state index in [2.05, 4.69) is 5.32 Å². The lowest BCUT2D eigenvalue weighted by molar-refractivity contribution is -0.137. The smallest absolute Gasteiger partial charge is 0.303 e. The number of aliphatic carboxylic acids is 1. The quantitative estimate of drug-likeness (QED) is 0.733. The molecule has 116 valence electrons. The molecule has 0 saturated heterocycles. The predicted octanol–water partition coefficient (Wildman–Crippen LogP) is 2.45. The summed E-state index contributed by atoms with van der Waals surface area (Å²) in [5, 5.41) is 11.5. The van der Waals surface area contributed by atoms with Crippen molar-refractivity contribution in [2.24, 2.45) is 5.92 Å². The molecule has 0 bridgehead atoms. The molecule has 0 heterocycles. The molecule has 5 nitrogen and oxygen atoms in total. The predicted molar refractivity (Wildman–Crippen MR) is 80.1 cm³/mol. The number of rotatable bonds is 9. The van der Waals surface area contributed by atoms with Crippen LogP contribution in [0.25, 0.3) is 0 Å². The Balaban J connectivity index is 2.42. The van der Waals surface area contributed by atoms with Gasteiger partial charge in [0.15, 0.2) is 0 Å². The summed E-state index contributed by atoms with van der Waals surface area (Å²) in [5.41, 5.74) is 1.48. The van der Waals surface area contributed by atoms with E-state index in [0.717, 1.165) is 12.0 Å². The van der Waals surface area contributed by atoms with Gasteiger partial charge in [0.1, 0.15) is 0 Å². The van der Waals surface area contributed by atoms with Crippen molar-refractivity contribution in [3.63, 3.8) is 0 Å². The Morgan fingerprint density at radius 1 is 1.29 bits per heavy atom. The summed E-state index contributed by atoms with van der Waals surface area (Å²) in [6.45, 7) is 2.94. The van der Waals surface area contributed by atoms with E-state index < -0.39 is 5.97 Å². The highest BCUT2D eigenvalue weighted by atomic mass is 16.5. The van der Waals surface area contributed by atoms with Crippen LogP contribution in [0.2, 0.25) is 0 Å². The summed E-state index contributed by atoms with van der Waals surface area (Å²) in [5.74, 6) is -0.622. The van der Waals surface area contributed by atoms with Gasteiger partial charge in [-0.25, -0.2) is 0 Å². The molecule has 1 amide bonds. The first kappa shape index (κ1) is 17.2. The number of carbonyl (C=O) groups excluding carboxylic acids is 1. The molecule has 1 aromatic carbocycles. The highest BCUT2D eigenvalue weighted by Gasteiger charge is 2.11. The Kier molecular flexibility index (Phi) is 7.46. The van der Waals surface area contributed by atoms with Gasteiger partial charge >= 0.3 is 5.97 Å². The zero-order chi connectivity index (χ0) is 15.7.